The van der Waals surface area contributed by atoms with Gasteiger partial charge in [0.05, 0.1) is 12.7 Å². The van der Waals surface area contributed by atoms with Crippen LogP contribution in [0.2, 0.25) is 5.02 Å². The van der Waals surface area contributed by atoms with E-state index in [1.54, 1.807) is 0 Å². The molecule has 0 amide bonds. The molecule has 0 atom stereocenters. The van der Waals surface area contributed by atoms with Crippen LogP contribution in [0.4, 0.5) is 0 Å². The van der Waals surface area contributed by atoms with Crippen LogP contribution in [-0.2, 0) is 6.54 Å². The van der Waals surface area contributed by atoms with Crippen molar-refractivity contribution in [3.63, 3.8) is 0 Å². The van der Waals surface area contributed by atoms with Crippen LogP contribution in [-0.4, -0.2) is 9.55 Å². The Morgan fingerprint density at radius 1 is 1.10 bits per heavy atom. The van der Waals surface area contributed by atoms with Gasteiger partial charge >= 0.3 is 0 Å². The fourth-order valence-electron chi connectivity index (χ4n) is 2.29. The van der Waals surface area contributed by atoms with Gasteiger partial charge in [-0.25, -0.2) is 4.98 Å². The topological polar surface area (TPSA) is 17.8 Å². The average Bonchev–Trinajstić information content (AvgIpc) is 2.82. The zero-order chi connectivity index (χ0) is 14.8. The zero-order valence-corrected chi connectivity index (χ0v) is 13.9. The number of hydrogen-bond acceptors (Lipinski definition) is 1. The lowest BCUT2D eigenvalue weighted by molar-refractivity contribution is 0.747. The molecule has 0 saturated heterocycles. The first kappa shape index (κ1) is 14.4. The number of rotatable bonds is 3. The van der Waals surface area contributed by atoms with Gasteiger partial charge in [0, 0.05) is 5.02 Å². The van der Waals surface area contributed by atoms with E-state index in [-0.39, 0.29) is 0 Å². The summed E-state index contributed by atoms with van der Waals surface area (Å²) < 4.78 is 3.05. The Balaban J connectivity index is 1.92. The van der Waals surface area contributed by atoms with E-state index < -0.39 is 0 Å². The number of benzene rings is 2. The van der Waals surface area contributed by atoms with Crippen molar-refractivity contribution in [2.24, 2.45) is 0 Å². The Morgan fingerprint density at radius 3 is 2.48 bits per heavy atom. The highest BCUT2D eigenvalue weighted by atomic mass is 79.9. The molecule has 106 valence electrons. The summed E-state index contributed by atoms with van der Waals surface area (Å²) in [6.07, 6.45) is 1.81. The number of halogens is 2. The lowest BCUT2D eigenvalue weighted by atomic mass is 10.0. The Kier molecular flexibility index (Phi) is 4.13. The summed E-state index contributed by atoms with van der Waals surface area (Å²) >= 11 is 9.96. The van der Waals surface area contributed by atoms with E-state index in [0.717, 1.165) is 26.6 Å². The molecule has 21 heavy (non-hydrogen) atoms. The van der Waals surface area contributed by atoms with E-state index in [2.05, 4.69) is 49.7 Å². The summed E-state index contributed by atoms with van der Waals surface area (Å²) in [6.45, 7) is 2.69. The molecule has 0 spiro atoms. The van der Waals surface area contributed by atoms with E-state index in [4.69, 9.17) is 11.6 Å². The van der Waals surface area contributed by atoms with E-state index in [0.29, 0.717) is 6.54 Å². The van der Waals surface area contributed by atoms with Crippen molar-refractivity contribution in [1.82, 2.24) is 9.55 Å². The molecule has 4 heteroatoms. The summed E-state index contributed by atoms with van der Waals surface area (Å²) in [5.74, 6) is 0.963. The number of nitrogens with zero attached hydrogens (tertiary/aromatic N) is 2. The smallest absolute Gasteiger partial charge is 0.106 e. The van der Waals surface area contributed by atoms with E-state index in [9.17, 15) is 0 Å². The second-order valence-electron chi connectivity index (χ2n) is 4.89. The standard InChI is InChI=1S/C17H14BrClN2/c1-12-20-10-17(18)21(12)11-15-8-7-14(9-16(15)19)13-5-3-2-4-6-13/h2-10H,11H2,1H3. The van der Waals surface area contributed by atoms with Gasteiger partial charge in [-0.1, -0.05) is 54.1 Å². The maximum atomic E-state index is 6.45. The molecule has 0 radical (unpaired) electrons. The van der Waals surface area contributed by atoms with Crippen molar-refractivity contribution in [3.05, 3.63) is 75.7 Å². The van der Waals surface area contributed by atoms with Gasteiger partial charge in [0.25, 0.3) is 0 Å². The number of aromatic nitrogens is 2. The lowest BCUT2D eigenvalue weighted by Crippen LogP contribution is -2.03. The molecule has 0 fully saturated rings. The Morgan fingerprint density at radius 2 is 1.86 bits per heavy atom. The van der Waals surface area contributed by atoms with E-state index in [1.165, 1.54) is 5.56 Å². The van der Waals surface area contributed by atoms with Gasteiger partial charge < -0.3 is 4.57 Å². The first-order valence-electron chi connectivity index (χ1n) is 6.66. The zero-order valence-electron chi connectivity index (χ0n) is 11.6. The van der Waals surface area contributed by atoms with Gasteiger partial charge in [-0.15, -0.1) is 0 Å². The average molecular weight is 362 g/mol. The first-order chi connectivity index (χ1) is 10.1. The Labute approximate surface area is 137 Å². The van der Waals surface area contributed by atoms with Crippen LogP contribution in [0.1, 0.15) is 11.4 Å². The van der Waals surface area contributed by atoms with Crippen LogP contribution >= 0.6 is 27.5 Å². The normalized spacial score (nSPS) is 10.8. The minimum Gasteiger partial charge on any atom is -0.318 e. The molecular formula is C17H14BrClN2. The molecule has 2 aromatic carbocycles. The molecule has 3 aromatic rings. The molecular weight excluding hydrogens is 348 g/mol. The molecule has 2 nitrogen and oxygen atoms in total. The number of imidazole rings is 1. The number of hydrogen-bond donors (Lipinski definition) is 0. The summed E-state index contributed by atoms with van der Waals surface area (Å²) in [7, 11) is 0. The van der Waals surface area contributed by atoms with Crippen LogP contribution in [0.5, 0.6) is 0 Å². The highest BCUT2D eigenvalue weighted by Gasteiger charge is 2.08. The minimum atomic E-state index is 0.709. The van der Waals surface area contributed by atoms with Crippen molar-refractivity contribution in [3.8, 4) is 11.1 Å². The van der Waals surface area contributed by atoms with Gasteiger partial charge in [0.1, 0.15) is 10.4 Å². The van der Waals surface area contributed by atoms with Crippen LogP contribution in [0, 0.1) is 6.92 Å². The van der Waals surface area contributed by atoms with Gasteiger partial charge in [-0.2, -0.15) is 0 Å². The molecule has 0 unspecified atom stereocenters. The lowest BCUT2D eigenvalue weighted by Gasteiger charge is -2.10. The molecule has 0 aliphatic rings. The SMILES string of the molecule is Cc1ncc(Br)n1Cc1ccc(-c2ccccc2)cc1Cl. The van der Waals surface area contributed by atoms with Crippen LogP contribution in [0.25, 0.3) is 11.1 Å². The van der Waals surface area contributed by atoms with Gasteiger partial charge in [0.15, 0.2) is 0 Å². The van der Waals surface area contributed by atoms with Crippen LogP contribution < -0.4 is 0 Å². The van der Waals surface area contributed by atoms with Gasteiger partial charge in [-0.3, -0.25) is 0 Å². The minimum absolute atomic E-state index is 0.709. The third-order valence-corrected chi connectivity index (χ3v) is 4.48. The second kappa shape index (κ2) is 6.04. The molecule has 1 aromatic heterocycles. The Bertz CT molecular complexity index is 746. The Hall–Kier alpha value is -1.58. The first-order valence-corrected chi connectivity index (χ1v) is 7.84. The monoisotopic (exact) mass is 360 g/mol. The predicted molar refractivity (Wildman–Crippen MR) is 90.7 cm³/mol. The molecule has 0 saturated carbocycles. The van der Waals surface area contributed by atoms with Crippen molar-refractivity contribution in [2.75, 3.05) is 0 Å². The third kappa shape index (κ3) is 3.04. The highest BCUT2D eigenvalue weighted by Crippen LogP contribution is 2.27. The predicted octanol–water partition coefficient (Wildman–Crippen LogP) is 5.32. The van der Waals surface area contributed by atoms with Crippen LogP contribution in [0.15, 0.2) is 59.3 Å². The fourth-order valence-corrected chi connectivity index (χ4v) is 3.01. The van der Waals surface area contributed by atoms with Crippen molar-refractivity contribution in [1.29, 1.82) is 0 Å². The second-order valence-corrected chi connectivity index (χ2v) is 6.11. The molecule has 0 aliphatic heterocycles. The summed E-state index contributed by atoms with van der Waals surface area (Å²) in [6, 6.07) is 16.5. The molecule has 0 aliphatic carbocycles. The van der Waals surface area contributed by atoms with Crippen molar-refractivity contribution >= 4 is 27.5 Å². The molecule has 3 rings (SSSR count). The maximum Gasteiger partial charge on any atom is 0.106 e. The molecule has 1 heterocycles. The largest absolute Gasteiger partial charge is 0.318 e. The summed E-state index contributed by atoms with van der Waals surface area (Å²) in [5, 5.41) is 0.774. The molecule has 0 N–H and O–H groups in total. The molecule has 0 bridgehead atoms. The van der Waals surface area contributed by atoms with Gasteiger partial charge in [0.2, 0.25) is 0 Å². The van der Waals surface area contributed by atoms with Crippen molar-refractivity contribution in [2.45, 2.75) is 13.5 Å². The van der Waals surface area contributed by atoms with Crippen molar-refractivity contribution < 1.29 is 0 Å². The quantitative estimate of drug-likeness (QED) is 0.617. The number of aryl methyl sites for hydroxylation is 1. The summed E-state index contributed by atoms with van der Waals surface area (Å²) in [5.41, 5.74) is 3.38. The fraction of sp³-hybridized carbons (Fsp3) is 0.118. The van der Waals surface area contributed by atoms with Crippen LogP contribution in [0.3, 0.4) is 0 Å². The van der Waals surface area contributed by atoms with E-state index in [1.807, 2.05) is 37.4 Å². The maximum absolute atomic E-state index is 6.45. The highest BCUT2D eigenvalue weighted by molar-refractivity contribution is 9.10. The summed E-state index contributed by atoms with van der Waals surface area (Å²) in [4.78, 5) is 4.28. The van der Waals surface area contributed by atoms with Gasteiger partial charge in [-0.05, 0) is 45.6 Å². The third-order valence-electron chi connectivity index (χ3n) is 3.50. The van der Waals surface area contributed by atoms with E-state index >= 15 is 0 Å².